The number of hydrogen-bond acceptors (Lipinski definition) is 5. The van der Waals surface area contributed by atoms with E-state index in [2.05, 4.69) is 4.98 Å². The number of aliphatic carboxylic acids is 1. The van der Waals surface area contributed by atoms with Gasteiger partial charge in [-0.2, -0.15) is 0 Å². The van der Waals surface area contributed by atoms with Crippen molar-refractivity contribution in [3.05, 3.63) is 16.1 Å². The summed E-state index contributed by atoms with van der Waals surface area (Å²) in [5.74, 6) is -1.30. The van der Waals surface area contributed by atoms with Crippen LogP contribution < -0.4 is 5.73 Å². The Morgan fingerprint density at radius 1 is 1.62 bits per heavy atom. The summed E-state index contributed by atoms with van der Waals surface area (Å²) in [5, 5.41) is 11.0. The van der Waals surface area contributed by atoms with E-state index in [0.29, 0.717) is 12.2 Å². The maximum absolute atomic E-state index is 11.5. The number of amides is 1. The number of carbonyl (C=O) groups excluding carboxylic acids is 1. The van der Waals surface area contributed by atoms with E-state index >= 15 is 0 Å². The molecule has 1 amide bonds. The van der Waals surface area contributed by atoms with Crippen LogP contribution in [0.25, 0.3) is 0 Å². The minimum atomic E-state index is -1.03. The number of likely N-dealkylation sites (N-methyl/N-ethyl adjacent to an activating group) is 1. The molecule has 0 bridgehead atoms. The van der Waals surface area contributed by atoms with Crippen molar-refractivity contribution in [2.24, 2.45) is 5.73 Å². The highest BCUT2D eigenvalue weighted by atomic mass is 32.1. The van der Waals surface area contributed by atoms with E-state index in [1.54, 1.807) is 5.38 Å². The summed E-state index contributed by atoms with van der Waals surface area (Å²) in [6.07, 6.45) is 0.111. The van der Waals surface area contributed by atoms with Crippen molar-refractivity contribution in [1.82, 2.24) is 9.88 Å². The Labute approximate surface area is 96.7 Å². The first kappa shape index (κ1) is 12.6. The maximum atomic E-state index is 11.5. The number of nitrogens with zero attached hydrogens (tertiary/aromatic N) is 2. The van der Waals surface area contributed by atoms with Crippen LogP contribution >= 0.6 is 11.3 Å². The van der Waals surface area contributed by atoms with Crippen molar-refractivity contribution < 1.29 is 14.7 Å². The first-order valence-corrected chi connectivity index (χ1v) is 5.50. The van der Waals surface area contributed by atoms with Crippen molar-refractivity contribution in [2.75, 3.05) is 13.6 Å². The zero-order chi connectivity index (χ0) is 12.1. The molecule has 1 heterocycles. The predicted molar refractivity (Wildman–Crippen MR) is 59.0 cm³/mol. The Morgan fingerprint density at radius 3 is 2.81 bits per heavy atom. The lowest BCUT2D eigenvalue weighted by Gasteiger charge is -2.13. The molecule has 0 fully saturated rings. The SMILES string of the molecule is CN(CC(=O)O)C(=O)Cc1csc(CN)n1. The molecule has 0 spiro atoms. The number of aromatic nitrogens is 1. The zero-order valence-corrected chi connectivity index (χ0v) is 9.66. The molecule has 88 valence electrons. The van der Waals surface area contributed by atoms with Crippen molar-refractivity contribution >= 4 is 23.2 Å². The Morgan fingerprint density at radius 2 is 2.31 bits per heavy atom. The van der Waals surface area contributed by atoms with Gasteiger partial charge in [-0.1, -0.05) is 0 Å². The van der Waals surface area contributed by atoms with Gasteiger partial charge in [-0.15, -0.1) is 11.3 Å². The third kappa shape index (κ3) is 3.59. The third-order valence-corrected chi connectivity index (χ3v) is 2.82. The van der Waals surface area contributed by atoms with Gasteiger partial charge in [0.1, 0.15) is 11.6 Å². The molecule has 0 aromatic carbocycles. The summed E-state index contributed by atoms with van der Waals surface area (Å²) < 4.78 is 0. The Kier molecular flexibility index (Phi) is 4.39. The Bertz CT molecular complexity index is 391. The number of carboxylic acid groups (broad SMARTS) is 1. The zero-order valence-electron chi connectivity index (χ0n) is 8.84. The molecule has 7 heteroatoms. The minimum Gasteiger partial charge on any atom is -0.480 e. The van der Waals surface area contributed by atoms with Crippen LogP contribution in [0.15, 0.2) is 5.38 Å². The largest absolute Gasteiger partial charge is 0.480 e. The maximum Gasteiger partial charge on any atom is 0.323 e. The lowest BCUT2D eigenvalue weighted by atomic mass is 10.3. The molecule has 0 radical (unpaired) electrons. The van der Waals surface area contributed by atoms with Crippen LogP contribution in [0.2, 0.25) is 0 Å². The van der Waals surface area contributed by atoms with Crippen molar-refractivity contribution in [3.8, 4) is 0 Å². The molecule has 0 atom stereocenters. The Hall–Kier alpha value is -1.47. The summed E-state index contributed by atoms with van der Waals surface area (Å²) in [4.78, 5) is 27.2. The molecular weight excluding hydrogens is 230 g/mol. The van der Waals surface area contributed by atoms with Crippen LogP contribution in [0, 0.1) is 0 Å². The molecule has 0 aliphatic heterocycles. The average molecular weight is 243 g/mol. The number of nitrogens with two attached hydrogens (primary N) is 1. The van der Waals surface area contributed by atoms with Gasteiger partial charge < -0.3 is 15.7 Å². The van der Waals surface area contributed by atoms with E-state index < -0.39 is 5.97 Å². The van der Waals surface area contributed by atoms with Crippen LogP contribution in [-0.4, -0.2) is 40.5 Å². The van der Waals surface area contributed by atoms with Gasteiger partial charge in [0, 0.05) is 19.0 Å². The number of thiazole rings is 1. The number of carbonyl (C=O) groups is 2. The highest BCUT2D eigenvalue weighted by Crippen LogP contribution is 2.10. The minimum absolute atomic E-state index is 0.111. The van der Waals surface area contributed by atoms with Gasteiger partial charge in [0.2, 0.25) is 5.91 Å². The van der Waals surface area contributed by atoms with Gasteiger partial charge in [0.15, 0.2) is 0 Å². The molecule has 0 aliphatic rings. The number of hydrogen-bond donors (Lipinski definition) is 2. The summed E-state index contributed by atoms with van der Waals surface area (Å²) in [7, 11) is 1.45. The van der Waals surface area contributed by atoms with Crippen LogP contribution in [0.1, 0.15) is 10.7 Å². The quantitative estimate of drug-likeness (QED) is 0.739. The molecule has 6 nitrogen and oxygen atoms in total. The highest BCUT2D eigenvalue weighted by molar-refractivity contribution is 7.09. The van der Waals surface area contributed by atoms with Gasteiger partial charge in [-0.05, 0) is 0 Å². The van der Waals surface area contributed by atoms with Crippen LogP contribution in [0.4, 0.5) is 0 Å². The van der Waals surface area contributed by atoms with E-state index in [0.717, 1.165) is 9.91 Å². The third-order valence-electron chi connectivity index (χ3n) is 1.90. The molecular formula is C9H13N3O3S. The second-order valence-corrected chi connectivity index (χ2v) is 4.20. The highest BCUT2D eigenvalue weighted by Gasteiger charge is 2.14. The molecule has 1 aromatic rings. The van der Waals surface area contributed by atoms with Gasteiger partial charge >= 0.3 is 5.97 Å². The number of carboxylic acids is 1. The predicted octanol–water partition coefficient (Wildman–Crippen LogP) is -0.313. The first-order chi connectivity index (χ1) is 7.52. The summed E-state index contributed by atoms with van der Waals surface area (Å²) in [6.45, 7) is 0.0521. The van der Waals surface area contributed by atoms with Gasteiger partial charge in [-0.3, -0.25) is 9.59 Å². The van der Waals surface area contributed by atoms with Crippen LogP contribution in [-0.2, 0) is 22.6 Å². The van der Waals surface area contributed by atoms with Crippen LogP contribution in [0.5, 0.6) is 0 Å². The molecule has 1 rings (SSSR count). The lowest BCUT2D eigenvalue weighted by molar-refractivity contribution is -0.143. The second kappa shape index (κ2) is 5.57. The van der Waals surface area contributed by atoms with E-state index in [4.69, 9.17) is 10.8 Å². The van der Waals surface area contributed by atoms with E-state index in [1.807, 2.05) is 0 Å². The molecule has 16 heavy (non-hydrogen) atoms. The Balaban J connectivity index is 2.53. The fourth-order valence-electron chi connectivity index (χ4n) is 1.10. The lowest BCUT2D eigenvalue weighted by Crippen LogP contribution is -2.33. The van der Waals surface area contributed by atoms with Gasteiger partial charge in [0.25, 0.3) is 0 Å². The van der Waals surface area contributed by atoms with E-state index in [9.17, 15) is 9.59 Å². The molecule has 3 N–H and O–H groups in total. The topological polar surface area (TPSA) is 96.5 Å². The molecule has 0 saturated heterocycles. The fraction of sp³-hybridized carbons (Fsp3) is 0.444. The van der Waals surface area contributed by atoms with Crippen molar-refractivity contribution in [1.29, 1.82) is 0 Å². The second-order valence-electron chi connectivity index (χ2n) is 3.26. The fourth-order valence-corrected chi connectivity index (χ4v) is 1.78. The van der Waals surface area contributed by atoms with Crippen molar-refractivity contribution in [2.45, 2.75) is 13.0 Å². The molecule has 0 unspecified atom stereocenters. The molecule has 0 saturated carbocycles. The first-order valence-electron chi connectivity index (χ1n) is 4.62. The monoisotopic (exact) mass is 243 g/mol. The smallest absolute Gasteiger partial charge is 0.323 e. The molecule has 1 aromatic heterocycles. The summed E-state index contributed by atoms with van der Waals surface area (Å²) >= 11 is 1.39. The summed E-state index contributed by atoms with van der Waals surface area (Å²) in [6, 6.07) is 0. The van der Waals surface area contributed by atoms with Crippen molar-refractivity contribution in [3.63, 3.8) is 0 Å². The van der Waals surface area contributed by atoms with E-state index in [1.165, 1.54) is 18.4 Å². The van der Waals surface area contributed by atoms with Crippen LogP contribution in [0.3, 0.4) is 0 Å². The molecule has 0 aliphatic carbocycles. The normalized spacial score (nSPS) is 10.1. The standard InChI is InChI=1S/C9H13N3O3S/c1-12(4-9(14)15)8(13)2-6-5-16-7(3-10)11-6/h5H,2-4,10H2,1H3,(H,14,15). The van der Waals surface area contributed by atoms with Gasteiger partial charge in [0.05, 0.1) is 12.1 Å². The summed E-state index contributed by atoms with van der Waals surface area (Å²) in [5.41, 5.74) is 6.03. The van der Waals surface area contributed by atoms with Gasteiger partial charge in [-0.25, -0.2) is 4.98 Å². The average Bonchev–Trinajstić information content (AvgIpc) is 2.64. The number of rotatable bonds is 5. The van der Waals surface area contributed by atoms with E-state index in [-0.39, 0.29) is 18.9 Å².